The van der Waals surface area contributed by atoms with Gasteiger partial charge in [0.15, 0.2) is 0 Å². The quantitative estimate of drug-likeness (QED) is 0.636. The van der Waals surface area contributed by atoms with Crippen molar-refractivity contribution in [3.05, 3.63) is 27.5 Å². The number of amides is 1. The van der Waals surface area contributed by atoms with E-state index in [0.717, 1.165) is 12.8 Å². The second-order valence-electron chi connectivity index (χ2n) is 3.81. The molecule has 0 spiro atoms. The van der Waals surface area contributed by atoms with Gasteiger partial charge in [0.25, 0.3) is 5.91 Å². The summed E-state index contributed by atoms with van der Waals surface area (Å²) < 4.78 is 0.693. The molecule has 0 N–H and O–H groups in total. The summed E-state index contributed by atoms with van der Waals surface area (Å²) in [7, 11) is 0. The molecule has 6 heteroatoms. The Morgan fingerprint density at radius 3 is 3.00 bits per heavy atom. The van der Waals surface area contributed by atoms with E-state index in [2.05, 4.69) is 20.9 Å². The summed E-state index contributed by atoms with van der Waals surface area (Å²) in [5.74, 6) is -0.229. The number of halogens is 2. The lowest BCUT2D eigenvalue weighted by atomic mass is 10.2. The lowest BCUT2D eigenvalue weighted by Crippen LogP contribution is -2.33. The number of carbonyl (C=O) groups is 1. The van der Waals surface area contributed by atoms with Gasteiger partial charge >= 0.3 is 0 Å². The Bertz CT molecular complexity index is 496. The first kappa shape index (κ1) is 12.3. The van der Waals surface area contributed by atoms with Crippen LogP contribution in [-0.2, 0) is 0 Å². The summed E-state index contributed by atoms with van der Waals surface area (Å²) in [6.45, 7) is 0.0896. The van der Waals surface area contributed by atoms with Crippen LogP contribution in [0.4, 0.5) is 0 Å². The Morgan fingerprint density at radius 2 is 2.41 bits per heavy atom. The third kappa shape index (κ3) is 2.76. The topological polar surface area (TPSA) is 57.0 Å². The van der Waals surface area contributed by atoms with Gasteiger partial charge in [-0.25, -0.2) is 4.98 Å². The van der Waals surface area contributed by atoms with E-state index in [9.17, 15) is 4.79 Å². The van der Waals surface area contributed by atoms with E-state index >= 15 is 0 Å². The smallest absolute Gasteiger partial charge is 0.258 e. The molecule has 4 nitrogen and oxygen atoms in total. The molecule has 0 unspecified atom stereocenters. The largest absolute Gasteiger partial charge is 0.322 e. The van der Waals surface area contributed by atoms with E-state index < -0.39 is 0 Å². The fourth-order valence-corrected chi connectivity index (χ4v) is 2.07. The van der Waals surface area contributed by atoms with Crippen LogP contribution in [0.2, 0.25) is 5.15 Å². The zero-order chi connectivity index (χ0) is 12.4. The lowest BCUT2D eigenvalue weighted by molar-refractivity contribution is 0.0764. The van der Waals surface area contributed by atoms with Gasteiger partial charge < -0.3 is 4.90 Å². The van der Waals surface area contributed by atoms with Crippen molar-refractivity contribution in [2.24, 2.45) is 0 Å². The highest BCUT2D eigenvalue weighted by Gasteiger charge is 2.33. The average molecular weight is 315 g/mol. The Balaban J connectivity index is 2.28. The van der Waals surface area contributed by atoms with Crippen molar-refractivity contribution in [1.82, 2.24) is 9.88 Å². The van der Waals surface area contributed by atoms with Gasteiger partial charge in [-0.1, -0.05) is 11.6 Å². The maximum atomic E-state index is 12.2. The molecule has 1 saturated carbocycles. The van der Waals surface area contributed by atoms with E-state index in [1.165, 1.54) is 6.20 Å². The zero-order valence-corrected chi connectivity index (χ0v) is 11.2. The first-order chi connectivity index (χ1) is 8.13. The molecule has 1 aromatic heterocycles. The first-order valence-electron chi connectivity index (χ1n) is 5.12. The average Bonchev–Trinajstić information content (AvgIpc) is 3.12. The molecule has 0 atom stereocenters. The molecule has 17 heavy (non-hydrogen) atoms. The molecular weight excluding hydrogens is 305 g/mol. The van der Waals surface area contributed by atoms with Gasteiger partial charge in [0.1, 0.15) is 11.7 Å². The molecular formula is C11H9BrClN3O. The molecule has 0 bridgehead atoms. The Morgan fingerprint density at radius 1 is 1.71 bits per heavy atom. The van der Waals surface area contributed by atoms with Crippen molar-refractivity contribution in [3.63, 3.8) is 0 Å². The van der Waals surface area contributed by atoms with Crippen molar-refractivity contribution < 1.29 is 4.79 Å². The molecule has 1 aliphatic rings. The van der Waals surface area contributed by atoms with Crippen molar-refractivity contribution in [3.8, 4) is 6.07 Å². The maximum absolute atomic E-state index is 12.2. The highest BCUT2D eigenvalue weighted by Crippen LogP contribution is 2.29. The number of pyridine rings is 1. The van der Waals surface area contributed by atoms with Crippen LogP contribution in [0.1, 0.15) is 23.2 Å². The van der Waals surface area contributed by atoms with E-state index in [1.807, 2.05) is 6.07 Å². The number of hydrogen-bond acceptors (Lipinski definition) is 3. The minimum absolute atomic E-state index is 0.0896. The Hall–Kier alpha value is -1.12. The summed E-state index contributed by atoms with van der Waals surface area (Å²) in [5.41, 5.74) is 0.336. The maximum Gasteiger partial charge on any atom is 0.258 e. The number of rotatable bonds is 3. The highest BCUT2D eigenvalue weighted by atomic mass is 79.9. The minimum atomic E-state index is -0.229. The molecule has 1 heterocycles. The first-order valence-corrected chi connectivity index (χ1v) is 6.29. The summed E-state index contributed by atoms with van der Waals surface area (Å²) in [6.07, 6.45) is 3.43. The second-order valence-corrected chi connectivity index (χ2v) is 5.09. The summed E-state index contributed by atoms with van der Waals surface area (Å²) in [4.78, 5) is 17.7. The van der Waals surface area contributed by atoms with Gasteiger partial charge in [0, 0.05) is 16.7 Å². The van der Waals surface area contributed by atoms with Crippen molar-refractivity contribution in [1.29, 1.82) is 5.26 Å². The molecule has 0 radical (unpaired) electrons. The van der Waals surface area contributed by atoms with Gasteiger partial charge in [0.05, 0.1) is 11.6 Å². The zero-order valence-electron chi connectivity index (χ0n) is 8.86. The standard InChI is InChI=1S/C11H9BrClN3O/c12-7-5-9(10(13)15-6-7)11(17)16(4-3-14)8-1-2-8/h5-6,8H,1-2,4H2. The Labute approximate surface area is 112 Å². The van der Waals surface area contributed by atoms with Gasteiger partial charge in [-0.05, 0) is 34.8 Å². The fraction of sp³-hybridized carbons (Fsp3) is 0.364. The SMILES string of the molecule is N#CCN(C(=O)c1cc(Br)cnc1Cl)C1CC1. The van der Waals surface area contributed by atoms with Crippen molar-refractivity contribution in [2.45, 2.75) is 18.9 Å². The van der Waals surface area contributed by atoms with Crippen LogP contribution in [0, 0.1) is 11.3 Å². The summed E-state index contributed by atoms with van der Waals surface area (Å²) in [6, 6.07) is 3.81. The molecule has 2 rings (SSSR count). The van der Waals surface area contributed by atoms with Crippen LogP contribution < -0.4 is 0 Å². The van der Waals surface area contributed by atoms with Gasteiger partial charge in [-0.3, -0.25) is 4.79 Å². The van der Waals surface area contributed by atoms with Gasteiger partial charge in [0.2, 0.25) is 0 Å². The fourth-order valence-electron chi connectivity index (χ4n) is 1.56. The molecule has 1 amide bonds. The predicted molar refractivity (Wildman–Crippen MR) is 66.6 cm³/mol. The van der Waals surface area contributed by atoms with E-state index in [-0.39, 0.29) is 23.6 Å². The van der Waals surface area contributed by atoms with E-state index in [0.29, 0.717) is 10.0 Å². The number of carbonyl (C=O) groups excluding carboxylic acids is 1. The summed E-state index contributed by atoms with van der Waals surface area (Å²) >= 11 is 9.15. The van der Waals surface area contributed by atoms with Crippen LogP contribution in [0.5, 0.6) is 0 Å². The van der Waals surface area contributed by atoms with Crippen LogP contribution in [-0.4, -0.2) is 28.4 Å². The van der Waals surface area contributed by atoms with Crippen LogP contribution in [0.15, 0.2) is 16.7 Å². The molecule has 0 aliphatic heterocycles. The predicted octanol–water partition coefficient (Wildman–Crippen LogP) is 2.63. The molecule has 0 saturated heterocycles. The molecule has 88 valence electrons. The van der Waals surface area contributed by atoms with Crippen LogP contribution in [0.3, 0.4) is 0 Å². The van der Waals surface area contributed by atoms with Gasteiger partial charge in [-0.15, -0.1) is 0 Å². The highest BCUT2D eigenvalue weighted by molar-refractivity contribution is 9.10. The minimum Gasteiger partial charge on any atom is -0.322 e. The number of aromatic nitrogens is 1. The molecule has 0 aromatic carbocycles. The molecule has 1 aliphatic carbocycles. The lowest BCUT2D eigenvalue weighted by Gasteiger charge is -2.19. The summed E-state index contributed by atoms with van der Waals surface area (Å²) in [5, 5.41) is 8.90. The van der Waals surface area contributed by atoms with Crippen molar-refractivity contribution in [2.75, 3.05) is 6.54 Å². The third-order valence-electron chi connectivity index (χ3n) is 2.53. The van der Waals surface area contributed by atoms with Gasteiger partial charge in [-0.2, -0.15) is 5.26 Å². The monoisotopic (exact) mass is 313 g/mol. The molecule has 1 fully saturated rings. The third-order valence-corrected chi connectivity index (χ3v) is 3.26. The van der Waals surface area contributed by atoms with Crippen molar-refractivity contribution >= 4 is 33.4 Å². The molecule has 1 aromatic rings. The van der Waals surface area contributed by atoms with Crippen LogP contribution in [0.25, 0.3) is 0 Å². The van der Waals surface area contributed by atoms with E-state index in [1.54, 1.807) is 11.0 Å². The number of nitriles is 1. The normalized spacial score (nSPS) is 14.2. The number of nitrogens with zero attached hydrogens (tertiary/aromatic N) is 3. The number of hydrogen-bond donors (Lipinski definition) is 0. The second kappa shape index (κ2) is 5.03. The van der Waals surface area contributed by atoms with E-state index in [4.69, 9.17) is 16.9 Å². The van der Waals surface area contributed by atoms with Crippen LogP contribution >= 0.6 is 27.5 Å². The Kier molecular flexibility index (Phi) is 3.65.